The molecule has 1 saturated heterocycles. The first-order chi connectivity index (χ1) is 11.3. The fourth-order valence-electron chi connectivity index (χ4n) is 2.58. The van der Waals surface area contributed by atoms with Crippen molar-refractivity contribution in [2.75, 3.05) is 38.1 Å². The van der Waals surface area contributed by atoms with Crippen LogP contribution in [0.5, 0.6) is 0 Å². The first kappa shape index (κ1) is 18.2. The van der Waals surface area contributed by atoms with Gasteiger partial charge >= 0.3 is 5.97 Å². The van der Waals surface area contributed by atoms with E-state index in [1.807, 2.05) is 49.8 Å². The zero-order valence-electron chi connectivity index (χ0n) is 14.8. The van der Waals surface area contributed by atoms with Crippen molar-refractivity contribution in [3.63, 3.8) is 0 Å². The van der Waals surface area contributed by atoms with Crippen LogP contribution in [0.4, 0.5) is 5.69 Å². The Morgan fingerprint density at radius 2 is 2.08 bits per heavy atom. The number of rotatable bonds is 5. The Kier molecular flexibility index (Phi) is 5.77. The highest BCUT2D eigenvalue weighted by Crippen LogP contribution is 2.18. The van der Waals surface area contributed by atoms with Crippen LogP contribution < -0.4 is 10.2 Å². The van der Waals surface area contributed by atoms with Crippen molar-refractivity contribution in [2.45, 2.75) is 32.4 Å². The fraction of sp³-hybridized carbons (Fsp3) is 0.588. The minimum Gasteiger partial charge on any atom is -0.458 e. The largest absolute Gasteiger partial charge is 0.458 e. The van der Waals surface area contributed by atoms with Gasteiger partial charge in [0, 0.05) is 44.8 Å². The highest BCUT2D eigenvalue weighted by atomic mass is 16.6. The number of aromatic nitrogens is 1. The van der Waals surface area contributed by atoms with Gasteiger partial charge in [-0.2, -0.15) is 0 Å². The SMILES string of the molecule is CN(c1ccncc1)C(CN1CCNC(=O)C1)C(=O)OC(C)(C)C. The van der Waals surface area contributed by atoms with Crippen molar-refractivity contribution in [3.8, 4) is 0 Å². The van der Waals surface area contributed by atoms with Crippen LogP contribution >= 0.6 is 0 Å². The van der Waals surface area contributed by atoms with Crippen molar-refractivity contribution in [1.82, 2.24) is 15.2 Å². The molecule has 132 valence electrons. The van der Waals surface area contributed by atoms with Crippen LogP contribution in [0.1, 0.15) is 20.8 Å². The molecular formula is C17H26N4O3. The van der Waals surface area contributed by atoms with Crippen LogP contribution in [0.2, 0.25) is 0 Å². The maximum absolute atomic E-state index is 12.7. The Labute approximate surface area is 143 Å². The van der Waals surface area contributed by atoms with Gasteiger partial charge in [0.05, 0.1) is 6.54 Å². The number of hydrogen-bond acceptors (Lipinski definition) is 6. The lowest BCUT2D eigenvalue weighted by Gasteiger charge is -2.35. The number of hydrogen-bond donors (Lipinski definition) is 1. The Morgan fingerprint density at radius 3 is 2.67 bits per heavy atom. The van der Waals surface area contributed by atoms with Gasteiger partial charge in [0.25, 0.3) is 0 Å². The lowest BCUT2D eigenvalue weighted by molar-refractivity contribution is -0.157. The van der Waals surface area contributed by atoms with Gasteiger partial charge in [0.2, 0.25) is 5.91 Å². The van der Waals surface area contributed by atoms with Crippen molar-refractivity contribution in [3.05, 3.63) is 24.5 Å². The van der Waals surface area contributed by atoms with Crippen LogP contribution in [0.15, 0.2) is 24.5 Å². The Hall–Kier alpha value is -2.15. The molecule has 1 aliphatic rings. The monoisotopic (exact) mass is 334 g/mol. The molecule has 24 heavy (non-hydrogen) atoms. The summed E-state index contributed by atoms with van der Waals surface area (Å²) in [6, 6.07) is 3.19. The summed E-state index contributed by atoms with van der Waals surface area (Å²) < 4.78 is 5.59. The summed E-state index contributed by atoms with van der Waals surface area (Å²) in [6.45, 7) is 7.59. The first-order valence-corrected chi connectivity index (χ1v) is 8.11. The quantitative estimate of drug-likeness (QED) is 0.798. The number of piperazine rings is 1. The molecule has 0 aromatic carbocycles. The lowest BCUT2D eigenvalue weighted by Crippen LogP contribution is -2.55. The second-order valence-corrected chi connectivity index (χ2v) is 6.95. The number of nitrogens with one attached hydrogen (secondary N) is 1. The van der Waals surface area contributed by atoms with E-state index >= 15 is 0 Å². The van der Waals surface area contributed by atoms with Gasteiger partial charge in [-0.25, -0.2) is 4.79 Å². The molecule has 1 aromatic heterocycles. The topological polar surface area (TPSA) is 74.8 Å². The van der Waals surface area contributed by atoms with Gasteiger partial charge < -0.3 is 15.0 Å². The maximum atomic E-state index is 12.7. The highest BCUT2D eigenvalue weighted by Gasteiger charge is 2.32. The average molecular weight is 334 g/mol. The summed E-state index contributed by atoms with van der Waals surface area (Å²) in [5.74, 6) is -0.316. The third kappa shape index (κ3) is 5.19. The second kappa shape index (κ2) is 7.61. The molecule has 0 saturated carbocycles. The van der Waals surface area contributed by atoms with Gasteiger partial charge in [0.1, 0.15) is 11.6 Å². The van der Waals surface area contributed by atoms with Crippen molar-refractivity contribution < 1.29 is 14.3 Å². The predicted molar refractivity (Wildman–Crippen MR) is 91.7 cm³/mol. The Morgan fingerprint density at radius 1 is 1.42 bits per heavy atom. The van der Waals surface area contributed by atoms with Crippen LogP contribution in [0.3, 0.4) is 0 Å². The molecule has 1 atom stereocenters. The van der Waals surface area contributed by atoms with E-state index in [4.69, 9.17) is 4.74 Å². The van der Waals surface area contributed by atoms with E-state index in [0.717, 1.165) is 12.2 Å². The third-order valence-electron chi connectivity index (χ3n) is 3.76. The number of anilines is 1. The standard InChI is InChI=1S/C17H26N4O3/c1-17(2,3)24-16(23)14(11-21-10-9-19-15(22)12-21)20(4)13-5-7-18-8-6-13/h5-8,14H,9-12H2,1-4H3,(H,19,22). The van der Waals surface area contributed by atoms with E-state index in [1.165, 1.54) is 0 Å². The zero-order chi connectivity index (χ0) is 17.7. The molecule has 1 aromatic rings. The number of carbonyl (C=O) groups excluding carboxylic acids is 2. The second-order valence-electron chi connectivity index (χ2n) is 6.95. The molecule has 0 bridgehead atoms. The molecule has 2 rings (SSSR count). The molecule has 0 aliphatic carbocycles. The van der Waals surface area contributed by atoms with Gasteiger partial charge in [0.15, 0.2) is 0 Å². The van der Waals surface area contributed by atoms with Crippen LogP contribution in [-0.2, 0) is 14.3 Å². The number of carbonyl (C=O) groups is 2. The molecule has 1 unspecified atom stereocenters. The summed E-state index contributed by atoms with van der Waals surface area (Å²) in [4.78, 5) is 32.2. The molecule has 1 aliphatic heterocycles. The van der Waals surface area contributed by atoms with E-state index in [2.05, 4.69) is 10.3 Å². The summed E-state index contributed by atoms with van der Waals surface area (Å²) in [5, 5.41) is 2.79. The average Bonchev–Trinajstić information content (AvgIpc) is 2.51. The van der Waals surface area contributed by atoms with E-state index in [9.17, 15) is 9.59 Å². The minimum absolute atomic E-state index is 0.0178. The van der Waals surface area contributed by atoms with Gasteiger partial charge in [-0.05, 0) is 32.9 Å². The fourth-order valence-corrected chi connectivity index (χ4v) is 2.58. The number of ether oxygens (including phenoxy) is 1. The summed E-state index contributed by atoms with van der Waals surface area (Å²) in [7, 11) is 1.86. The lowest BCUT2D eigenvalue weighted by atomic mass is 10.1. The molecule has 1 fully saturated rings. The van der Waals surface area contributed by atoms with E-state index in [0.29, 0.717) is 19.6 Å². The summed E-state index contributed by atoms with van der Waals surface area (Å²) in [6.07, 6.45) is 3.37. The molecule has 0 spiro atoms. The van der Waals surface area contributed by atoms with Gasteiger partial charge in [-0.3, -0.25) is 14.7 Å². The van der Waals surface area contributed by atoms with E-state index < -0.39 is 11.6 Å². The number of esters is 1. The Balaban J connectivity index is 2.17. The molecule has 1 N–H and O–H groups in total. The first-order valence-electron chi connectivity index (χ1n) is 8.11. The molecule has 0 radical (unpaired) electrons. The molecule has 7 heteroatoms. The number of nitrogens with zero attached hydrogens (tertiary/aromatic N) is 3. The minimum atomic E-state index is -0.562. The Bertz CT molecular complexity index is 571. The van der Waals surface area contributed by atoms with Crippen molar-refractivity contribution in [2.24, 2.45) is 0 Å². The smallest absolute Gasteiger partial charge is 0.330 e. The van der Waals surface area contributed by atoms with Crippen LogP contribution in [0, 0.1) is 0 Å². The predicted octanol–water partition coefficient (Wildman–Crippen LogP) is 0.660. The normalized spacial score (nSPS) is 17.1. The van der Waals surface area contributed by atoms with Crippen LogP contribution in [-0.4, -0.2) is 66.6 Å². The molecular weight excluding hydrogens is 308 g/mol. The van der Waals surface area contributed by atoms with Crippen LogP contribution in [0.25, 0.3) is 0 Å². The zero-order valence-corrected chi connectivity index (χ0v) is 14.8. The van der Waals surface area contributed by atoms with E-state index in [-0.39, 0.29) is 11.9 Å². The molecule has 2 heterocycles. The number of pyridine rings is 1. The molecule has 7 nitrogen and oxygen atoms in total. The number of likely N-dealkylation sites (N-methyl/N-ethyl adjacent to an activating group) is 1. The van der Waals surface area contributed by atoms with Gasteiger partial charge in [-0.15, -0.1) is 0 Å². The van der Waals surface area contributed by atoms with Crippen molar-refractivity contribution in [1.29, 1.82) is 0 Å². The highest BCUT2D eigenvalue weighted by molar-refractivity contribution is 5.81. The van der Waals surface area contributed by atoms with E-state index in [1.54, 1.807) is 12.4 Å². The maximum Gasteiger partial charge on any atom is 0.330 e. The summed E-state index contributed by atoms with van der Waals surface area (Å²) in [5.41, 5.74) is 0.315. The number of amides is 1. The summed E-state index contributed by atoms with van der Waals surface area (Å²) >= 11 is 0. The van der Waals surface area contributed by atoms with Gasteiger partial charge in [-0.1, -0.05) is 0 Å². The molecule has 1 amide bonds. The van der Waals surface area contributed by atoms with Crippen molar-refractivity contribution >= 4 is 17.6 Å². The third-order valence-corrected chi connectivity index (χ3v) is 3.76.